The van der Waals surface area contributed by atoms with Gasteiger partial charge in [-0.05, 0) is 12.3 Å². The van der Waals surface area contributed by atoms with Gasteiger partial charge in [-0.1, -0.05) is 26.7 Å². The highest BCUT2D eigenvalue weighted by Gasteiger charge is 2.50. The largest absolute Gasteiger partial charge is 0.481 e. The van der Waals surface area contributed by atoms with E-state index in [1.165, 1.54) is 6.92 Å². The summed E-state index contributed by atoms with van der Waals surface area (Å²) in [4.78, 5) is 27.1. The van der Waals surface area contributed by atoms with E-state index in [9.17, 15) is 19.8 Å². The van der Waals surface area contributed by atoms with Gasteiger partial charge in [-0.25, -0.2) is 4.99 Å². The number of nitrogens with two attached hydrogens (primary N) is 2. The van der Waals surface area contributed by atoms with Crippen molar-refractivity contribution in [3.05, 3.63) is 0 Å². The van der Waals surface area contributed by atoms with Gasteiger partial charge >= 0.3 is 5.97 Å². The van der Waals surface area contributed by atoms with Gasteiger partial charge in [-0.15, -0.1) is 0 Å². The van der Waals surface area contributed by atoms with Crippen molar-refractivity contribution < 1.29 is 19.8 Å². The summed E-state index contributed by atoms with van der Waals surface area (Å²) in [5.41, 5.74) is 10.9. The molecule has 0 bridgehead atoms. The van der Waals surface area contributed by atoms with Crippen LogP contribution in [-0.2, 0) is 9.59 Å². The van der Waals surface area contributed by atoms with Crippen LogP contribution in [-0.4, -0.2) is 46.2 Å². The Labute approximate surface area is 136 Å². The Hall–Kier alpha value is -1.83. The van der Waals surface area contributed by atoms with E-state index in [1.54, 1.807) is 0 Å². The third-order valence-corrected chi connectivity index (χ3v) is 4.72. The molecule has 1 aliphatic carbocycles. The predicted molar refractivity (Wildman–Crippen MR) is 86.5 cm³/mol. The summed E-state index contributed by atoms with van der Waals surface area (Å²) in [5.74, 6) is -2.84. The minimum Gasteiger partial charge on any atom is -0.481 e. The third kappa shape index (κ3) is 4.57. The topological polar surface area (TPSA) is 151 Å². The number of nitrogens with zero attached hydrogens (tertiary/aromatic N) is 1. The molecule has 0 aromatic carbocycles. The smallest absolute Gasteiger partial charge is 0.309 e. The fourth-order valence-electron chi connectivity index (χ4n) is 3.64. The van der Waals surface area contributed by atoms with Gasteiger partial charge in [0.1, 0.15) is 0 Å². The number of nitrogens with one attached hydrogen (secondary N) is 1. The van der Waals surface area contributed by atoms with Crippen molar-refractivity contribution in [2.24, 2.45) is 34.2 Å². The maximum Gasteiger partial charge on any atom is 0.309 e. The minimum atomic E-state index is -1.11. The number of carbonyl (C=O) groups is 2. The fraction of sp³-hybridized carbons (Fsp3) is 0.800. The zero-order valence-electron chi connectivity index (χ0n) is 13.9. The lowest BCUT2D eigenvalue weighted by Gasteiger charge is -2.35. The maximum atomic E-state index is 11.6. The van der Waals surface area contributed by atoms with E-state index in [0.717, 1.165) is 12.8 Å². The van der Waals surface area contributed by atoms with Crippen molar-refractivity contribution in [2.75, 3.05) is 0 Å². The van der Waals surface area contributed by atoms with Crippen LogP contribution in [0.2, 0.25) is 0 Å². The summed E-state index contributed by atoms with van der Waals surface area (Å²) in [6.45, 7) is 5.39. The number of aliphatic hydroxyl groups is 1. The van der Waals surface area contributed by atoms with Gasteiger partial charge in [0.25, 0.3) is 0 Å². The first kappa shape index (κ1) is 19.2. The van der Waals surface area contributed by atoms with Crippen molar-refractivity contribution in [1.82, 2.24) is 5.32 Å². The summed E-state index contributed by atoms with van der Waals surface area (Å²) < 4.78 is 0. The van der Waals surface area contributed by atoms with Crippen LogP contribution in [0.25, 0.3) is 0 Å². The van der Waals surface area contributed by atoms with E-state index in [4.69, 9.17) is 11.5 Å². The molecule has 1 unspecified atom stereocenters. The molecule has 0 aliphatic heterocycles. The molecule has 1 fully saturated rings. The number of aliphatic carboxylic acids is 1. The van der Waals surface area contributed by atoms with Crippen molar-refractivity contribution in [3.8, 4) is 0 Å². The number of carbonyl (C=O) groups excluding carboxylic acids is 1. The summed E-state index contributed by atoms with van der Waals surface area (Å²) in [6.07, 6.45) is 0.612. The zero-order valence-corrected chi connectivity index (χ0v) is 13.9. The van der Waals surface area contributed by atoms with Crippen LogP contribution in [0.1, 0.15) is 40.0 Å². The second-order valence-electron chi connectivity index (χ2n) is 6.17. The summed E-state index contributed by atoms with van der Waals surface area (Å²) in [7, 11) is 0. The summed E-state index contributed by atoms with van der Waals surface area (Å²) in [5, 5.41) is 22.7. The normalized spacial score (nSPS) is 28.4. The van der Waals surface area contributed by atoms with E-state index in [-0.39, 0.29) is 30.2 Å². The third-order valence-electron chi connectivity index (χ3n) is 4.72. The second-order valence-corrected chi connectivity index (χ2v) is 6.17. The molecular weight excluding hydrogens is 300 g/mol. The molecule has 1 amide bonds. The molecule has 1 saturated carbocycles. The quantitative estimate of drug-likeness (QED) is 0.318. The van der Waals surface area contributed by atoms with Crippen molar-refractivity contribution in [3.63, 3.8) is 0 Å². The summed E-state index contributed by atoms with van der Waals surface area (Å²) in [6, 6.07) is -0.913. The highest BCUT2D eigenvalue weighted by atomic mass is 16.4. The Morgan fingerprint density at radius 1 is 1.30 bits per heavy atom. The van der Waals surface area contributed by atoms with E-state index >= 15 is 0 Å². The molecule has 8 heteroatoms. The second kappa shape index (κ2) is 8.14. The monoisotopic (exact) mass is 328 g/mol. The van der Waals surface area contributed by atoms with Crippen LogP contribution >= 0.6 is 0 Å². The average Bonchev–Trinajstić information content (AvgIpc) is 2.74. The van der Waals surface area contributed by atoms with Crippen LogP contribution in [0, 0.1) is 17.8 Å². The number of guanidine groups is 1. The number of aliphatic hydroxyl groups excluding tert-OH is 1. The lowest BCUT2D eigenvalue weighted by molar-refractivity contribution is -0.145. The first-order chi connectivity index (χ1) is 10.7. The van der Waals surface area contributed by atoms with Crippen LogP contribution < -0.4 is 16.8 Å². The maximum absolute atomic E-state index is 11.6. The lowest BCUT2D eigenvalue weighted by Crippen LogP contribution is -2.51. The van der Waals surface area contributed by atoms with Gasteiger partial charge < -0.3 is 27.0 Å². The molecule has 0 heterocycles. The number of amides is 1. The molecular formula is C15H28N4O4. The molecule has 0 spiro atoms. The first-order valence-electron chi connectivity index (χ1n) is 7.99. The number of hydrogen-bond donors (Lipinski definition) is 5. The van der Waals surface area contributed by atoms with E-state index in [0.29, 0.717) is 0 Å². The van der Waals surface area contributed by atoms with E-state index in [2.05, 4.69) is 10.3 Å². The first-order valence-corrected chi connectivity index (χ1v) is 7.99. The van der Waals surface area contributed by atoms with Gasteiger partial charge in [0.05, 0.1) is 18.1 Å². The molecule has 0 saturated heterocycles. The fourth-order valence-corrected chi connectivity index (χ4v) is 3.64. The van der Waals surface area contributed by atoms with Gasteiger partial charge in [-0.3, -0.25) is 9.59 Å². The molecule has 132 valence electrons. The highest BCUT2D eigenvalue weighted by Crippen LogP contribution is 2.39. The number of aliphatic imine (C=N–C) groups is 1. The molecule has 23 heavy (non-hydrogen) atoms. The lowest BCUT2D eigenvalue weighted by atomic mass is 9.80. The Balaban J connectivity index is 3.23. The minimum absolute atomic E-state index is 0.0998. The van der Waals surface area contributed by atoms with Crippen LogP contribution in [0.15, 0.2) is 4.99 Å². The van der Waals surface area contributed by atoms with Gasteiger partial charge in [0.2, 0.25) is 5.91 Å². The van der Waals surface area contributed by atoms with Crippen molar-refractivity contribution >= 4 is 17.8 Å². The molecule has 7 N–H and O–H groups in total. The number of rotatable bonds is 7. The Morgan fingerprint density at radius 2 is 1.87 bits per heavy atom. The Kier molecular flexibility index (Phi) is 6.80. The molecule has 0 aromatic rings. The summed E-state index contributed by atoms with van der Waals surface area (Å²) >= 11 is 0. The molecule has 1 aliphatic rings. The molecule has 5 atom stereocenters. The van der Waals surface area contributed by atoms with Gasteiger partial charge in [-0.2, -0.15) is 0 Å². The standard InChI is InChI=1S/C15H28N4O4/c1-4-8(5-2)12(18-7(3)20)11-10(19-15(16)17)6-9(13(11)21)14(22)23/h8-13,21H,4-6H2,1-3H3,(H,18,20)(H,22,23)(H4,16,17,19)/t9-,10?,11+,12-,13+/m0/s1. The van der Waals surface area contributed by atoms with E-state index < -0.39 is 30.0 Å². The Morgan fingerprint density at radius 3 is 2.26 bits per heavy atom. The van der Waals surface area contributed by atoms with Crippen LogP contribution in [0.3, 0.4) is 0 Å². The highest BCUT2D eigenvalue weighted by molar-refractivity contribution is 5.76. The molecule has 8 nitrogen and oxygen atoms in total. The van der Waals surface area contributed by atoms with Gasteiger partial charge in [0.15, 0.2) is 5.96 Å². The average molecular weight is 328 g/mol. The predicted octanol–water partition coefficient (Wildman–Crippen LogP) is -0.349. The van der Waals surface area contributed by atoms with E-state index in [1.807, 2.05) is 13.8 Å². The van der Waals surface area contributed by atoms with Crippen LogP contribution in [0.4, 0.5) is 0 Å². The van der Waals surface area contributed by atoms with Crippen molar-refractivity contribution in [1.29, 1.82) is 0 Å². The molecule has 0 radical (unpaired) electrons. The molecule has 0 aromatic heterocycles. The number of carboxylic acid groups (broad SMARTS) is 1. The van der Waals surface area contributed by atoms with Crippen LogP contribution in [0.5, 0.6) is 0 Å². The number of carboxylic acids is 1. The Bertz CT molecular complexity index is 460. The number of hydrogen-bond acceptors (Lipinski definition) is 4. The van der Waals surface area contributed by atoms with Crippen molar-refractivity contribution in [2.45, 2.75) is 58.2 Å². The SMILES string of the molecule is CCC(CC)[C@H](NC(C)=O)[C@H]1C(N=C(N)N)C[C@H](C(=O)O)[C@H]1O. The zero-order chi connectivity index (χ0) is 17.7. The molecule has 1 rings (SSSR count). The van der Waals surface area contributed by atoms with Gasteiger partial charge in [0, 0.05) is 18.9 Å².